The van der Waals surface area contributed by atoms with E-state index in [0.29, 0.717) is 39.8 Å². The lowest BCUT2D eigenvalue weighted by molar-refractivity contribution is -0.136. The summed E-state index contributed by atoms with van der Waals surface area (Å²) in [6, 6.07) is 22.8. The Kier molecular flexibility index (Phi) is 8.06. The normalized spacial score (nSPS) is 14.6. The third-order valence-electron chi connectivity index (χ3n) is 6.04. The van der Waals surface area contributed by atoms with Crippen molar-refractivity contribution in [2.45, 2.75) is 30.5 Å². The number of anilines is 1. The van der Waals surface area contributed by atoms with E-state index in [9.17, 15) is 4.79 Å². The van der Waals surface area contributed by atoms with Gasteiger partial charge in [0.25, 0.3) is 0 Å². The molecule has 1 N–H and O–H groups in total. The molecule has 194 valence electrons. The summed E-state index contributed by atoms with van der Waals surface area (Å²) in [5.74, 6) is 1.46. The number of hydrogen-bond acceptors (Lipinski definition) is 7. The number of esters is 1. The van der Waals surface area contributed by atoms with Crippen LogP contribution in [0.4, 0.5) is 5.95 Å². The highest BCUT2D eigenvalue weighted by molar-refractivity contribution is 9.10. The molecule has 4 aromatic rings. The number of carbonyl (C=O) groups excluding carboxylic acids is 1. The Morgan fingerprint density at radius 2 is 1.92 bits per heavy atom. The maximum absolute atomic E-state index is 12.8. The fourth-order valence-corrected chi connectivity index (χ4v) is 5.73. The van der Waals surface area contributed by atoms with Gasteiger partial charge in [-0.15, -0.1) is 5.10 Å². The third-order valence-corrected chi connectivity index (χ3v) is 7.79. The van der Waals surface area contributed by atoms with Crippen molar-refractivity contribution in [2.24, 2.45) is 0 Å². The molecule has 1 aliphatic rings. The van der Waals surface area contributed by atoms with Crippen LogP contribution in [0.2, 0.25) is 5.02 Å². The molecule has 0 radical (unpaired) electrons. The van der Waals surface area contributed by atoms with Crippen molar-refractivity contribution in [2.75, 3.05) is 12.4 Å². The van der Waals surface area contributed by atoms with Gasteiger partial charge in [-0.2, -0.15) is 4.98 Å². The summed E-state index contributed by atoms with van der Waals surface area (Å²) < 4.78 is 13.8. The van der Waals surface area contributed by atoms with Crippen LogP contribution >= 0.6 is 39.3 Å². The van der Waals surface area contributed by atoms with Crippen molar-refractivity contribution in [3.8, 4) is 5.75 Å². The van der Waals surface area contributed by atoms with Gasteiger partial charge in [0.1, 0.15) is 18.4 Å². The molecule has 0 saturated carbocycles. The van der Waals surface area contributed by atoms with Crippen molar-refractivity contribution < 1.29 is 14.3 Å². The molecule has 7 nitrogen and oxygen atoms in total. The lowest BCUT2D eigenvalue weighted by atomic mass is 9.96. The smallest absolute Gasteiger partial charge is 0.338 e. The van der Waals surface area contributed by atoms with Crippen LogP contribution in [0.5, 0.6) is 5.75 Å². The average Bonchev–Trinajstić information content (AvgIpc) is 3.33. The lowest BCUT2D eigenvalue weighted by Gasteiger charge is -2.27. The third kappa shape index (κ3) is 5.75. The van der Waals surface area contributed by atoms with Gasteiger partial charge in [-0.05, 0) is 53.9 Å². The zero-order valence-corrected chi connectivity index (χ0v) is 23.8. The number of rotatable bonds is 8. The van der Waals surface area contributed by atoms with Crippen molar-refractivity contribution in [3.05, 3.63) is 110 Å². The molecule has 0 aliphatic carbocycles. The number of nitrogens with zero attached hydrogens (tertiary/aromatic N) is 3. The van der Waals surface area contributed by atoms with Crippen molar-refractivity contribution >= 4 is 51.2 Å². The first-order valence-electron chi connectivity index (χ1n) is 11.8. The zero-order chi connectivity index (χ0) is 26.6. The lowest BCUT2D eigenvalue weighted by Crippen LogP contribution is -2.29. The quantitative estimate of drug-likeness (QED) is 0.169. The first-order chi connectivity index (χ1) is 18.4. The van der Waals surface area contributed by atoms with Gasteiger partial charge >= 0.3 is 5.97 Å². The predicted molar refractivity (Wildman–Crippen MR) is 152 cm³/mol. The first-order valence-corrected chi connectivity index (χ1v) is 13.9. The Labute approximate surface area is 238 Å². The monoisotopic (exact) mass is 610 g/mol. The molecule has 0 saturated heterocycles. The van der Waals surface area contributed by atoms with Crippen LogP contribution in [0.1, 0.15) is 29.7 Å². The number of thioether (sulfide) groups is 1. The van der Waals surface area contributed by atoms with Crippen LogP contribution in [0.15, 0.2) is 93.7 Å². The van der Waals surface area contributed by atoms with Crippen molar-refractivity contribution in [1.29, 1.82) is 0 Å². The van der Waals surface area contributed by atoms with Crippen LogP contribution in [-0.4, -0.2) is 27.8 Å². The Hall–Kier alpha value is -3.27. The number of aromatic nitrogens is 3. The molecule has 10 heteroatoms. The number of nitrogens with one attached hydrogen (secondary N) is 1. The summed E-state index contributed by atoms with van der Waals surface area (Å²) in [6.07, 6.45) is 0. The van der Waals surface area contributed by atoms with E-state index >= 15 is 0 Å². The van der Waals surface area contributed by atoms with Gasteiger partial charge in [-0.1, -0.05) is 81.8 Å². The Balaban J connectivity index is 1.40. The molecular formula is C28H24BrClN4O3S. The highest BCUT2D eigenvalue weighted by atomic mass is 79.9. The van der Waals surface area contributed by atoms with Crippen LogP contribution in [0, 0.1) is 0 Å². The van der Waals surface area contributed by atoms with Gasteiger partial charge in [0, 0.05) is 20.9 Å². The second-order valence-electron chi connectivity index (χ2n) is 8.59. The SMILES string of the molecule is COC(=O)C1=C(C)Nc2nc(SCc3ccccc3Cl)nn2C1c1ccc(OCc2cccc(Br)c2)cc1. The number of fused-ring (bicyclic) bond motifs is 1. The maximum atomic E-state index is 12.8. The Morgan fingerprint density at radius 1 is 1.13 bits per heavy atom. The van der Waals surface area contributed by atoms with Gasteiger partial charge in [0.2, 0.25) is 11.1 Å². The van der Waals surface area contributed by atoms with E-state index in [1.54, 1.807) is 4.68 Å². The van der Waals surface area contributed by atoms with Gasteiger partial charge in [-0.3, -0.25) is 0 Å². The maximum Gasteiger partial charge on any atom is 0.338 e. The zero-order valence-electron chi connectivity index (χ0n) is 20.7. The second kappa shape index (κ2) is 11.6. The standard InChI is InChI=1S/C28H24BrClN4O3S/c1-17-24(26(35)36-2)25(19-10-12-22(13-11-19)37-15-18-6-5-8-21(29)14-18)34-27(31-17)32-28(33-34)38-16-20-7-3-4-9-23(20)30/h3-14,25H,15-16H2,1-2H3,(H,31,32,33). The average molecular weight is 612 g/mol. The summed E-state index contributed by atoms with van der Waals surface area (Å²) in [7, 11) is 1.38. The molecular weight excluding hydrogens is 588 g/mol. The molecule has 1 aliphatic heterocycles. The fraction of sp³-hybridized carbons (Fsp3) is 0.179. The molecule has 1 atom stereocenters. The van der Waals surface area contributed by atoms with Gasteiger partial charge < -0.3 is 14.8 Å². The summed E-state index contributed by atoms with van der Waals surface area (Å²) >= 11 is 11.3. The number of ether oxygens (including phenoxy) is 2. The summed E-state index contributed by atoms with van der Waals surface area (Å²) in [6.45, 7) is 2.28. The Bertz CT molecular complexity index is 1510. The van der Waals surface area contributed by atoms with Crippen molar-refractivity contribution in [1.82, 2.24) is 14.8 Å². The number of allylic oxidation sites excluding steroid dienone is 1. The molecule has 5 rings (SSSR count). The van der Waals surface area contributed by atoms with E-state index in [2.05, 4.69) is 26.2 Å². The fourth-order valence-electron chi connectivity index (χ4n) is 4.17. The minimum Gasteiger partial charge on any atom is -0.489 e. The minimum absolute atomic E-state index is 0.429. The number of benzene rings is 3. The number of methoxy groups -OCH3 is 1. The van der Waals surface area contributed by atoms with E-state index in [4.69, 9.17) is 26.2 Å². The van der Waals surface area contributed by atoms with Crippen LogP contribution in [0.25, 0.3) is 0 Å². The van der Waals surface area contributed by atoms with E-state index in [0.717, 1.165) is 26.9 Å². The minimum atomic E-state index is -0.514. The molecule has 2 heterocycles. The molecule has 38 heavy (non-hydrogen) atoms. The molecule has 1 aromatic heterocycles. The van der Waals surface area contributed by atoms with Crippen LogP contribution in [-0.2, 0) is 21.9 Å². The molecule has 0 amide bonds. The van der Waals surface area contributed by atoms with E-state index in [-0.39, 0.29) is 0 Å². The van der Waals surface area contributed by atoms with E-state index in [1.807, 2.05) is 79.7 Å². The topological polar surface area (TPSA) is 78.3 Å². The van der Waals surface area contributed by atoms with Gasteiger partial charge in [-0.25, -0.2) is 9.48 Å². The van der Waals surface area contributed by atoms with Crippen LogP contribution in [0.3, 0.4) is 0 Å². The molecule has 0 bridgehead atoms. The van der Waals surface area contributed by atoms with Gasteiger partial charge in [0.05, 0.1) is 12.7 Å². The second-order valence-corrected chi connectivity index (χ2v) is 10.9. The number of carbonyl (C=O) groups is 1. The first kappa shape index (κ1) is 26.3. The molecule has 3 aromatic carbocycles. The largest absolute Gasteiger partial charge is 0.489 e. The summed E-state index contributed by atoms with van der Waals surface area (Å²) in [5, 5.41) is 9.23. The molecule has 0 spiro atoms. The predicted octanol–water partition coefficient (Wildman–Crippen LogP) is 7.03. The van der Waals surface area contributed by atoms with E-state index < -0.39 is 12.0 Å². The number of halogens is 2. The molecule has 1 unspecified atom stereocenters. The van der Waals surface area contributed by atoms with Crippen LogP contribution < -0.4 is 10.1 Å². The van der Waals surface area contributed by atoms with Gasteiger partial charge in [0.15, 0.2) is 0 Å². The highest BCUT2D eigenvalue weighted by Gasteiger charge is 2.35. The van der Waals surface area contributed by atoms with E-state index in [1.165, 1.54) is 18.9 Å². The summed E-state index contributed by atoms with van der Waals surface area (Å²) in [4.78, 5) is 17.5. The molecule has 0 fully saturated rings. The number of hydrogen-bond donors (Lipinski definition) is 1. The highest BCUT2D eigenvalue weighted by Crippen LogP contribution is 2.37. The van der Waals surface area contributed by atoms with Crippen molar-refractivity contribution in [3.63, 3.8) is 0 Å². The summed E-state index contributed by atoms with van der Waals surface area (Å²) in [5.41, 5.74) is 4.05. The Morgan fingerprint density at radius 3 is 2.66 bits per heavy atom.